The molecule has 2 aromatic heterocycles. The van der Waals surface area contributed by atoms with E-state index in [1.807, 2.05) is 0 Å². The molecule has 0 aliphatic carbocycles. The first-order valence-electron chi connectivity index (χ1n) is 11.6. The van der Waals surface area contributed by atoms with Crippen LogP contribution >= 0.6 is 0 Å². The number of hydrogen-bond acceptors (Lipinski definition) is 9. The average Bonchev–Trinajstić information content (AvgIpc) is 3.43. The van der Waals surface area contributed by atoms with Crippen LogP contribution in [-0.4, -0.2) is 89.9 Å². The topological polar surface area (TPSA) is 92.9 Å². The number of likely N-dealkylation sites (tertiary alicyclic amines) is 1. The molecule has 4 aliphatic heterocycles. The Hall–Kier alpha value is -2.93. The van der Waals surface area contributed by atoms with Gasteiger partial charge in [-0.3, -0.25) is 4.90 Å². The second-order valence-electron chi connectivity index (χ2n) is 9.45. The minimum absolute atomic E-state index is 0.120. The van der Waals surface area contributed by atoms with E-state index < -0.39 is 19.1 Å². The summed E-state index contributed by atoms with van der Waals surface area (Å²) in [7, 11) is 0. The third kappa shape index (κ3) is 4.20. The summed E-state index contributed by atoms with van der Waals surface area (Å²) in [6.07, 6.45) is 2.42. The van der Waals surface area contributed by atoms with Gasteiger partial charge in [0.1, 0.15) is 5.82 Å². The van der Waals surface area contributed by atoms with Gasteiger partial charge in [0.05, 0.1) is 31.0 Å². The van der Waals surface area contributed by atoms with E-state index in [-0.39, 0.29) is 30.5 Å². The monoisotopic (exact) mass is 495 g/mol. The van der Waals surface area contributed by atoms with E-state index in [1.54, 1.807) is 6.07 Å². The highest BCUT2D eigenvalue weighted by Crippen LogP contribution is 2.37. The molecule has 2 unspecified atom stereocenters. The van der Waals surface area contributed by atoms with Crippen molar-refractivity contribution in [1.82, 2.24) is 19.9 Å². The number of nitrogen functional groups attached to an aromatic ring is 1. The number of rotatable bonds is 6. The normalized spacial score (nSPS) is 27.6. The summed E-state index contributed by atoms with van der Waals surface area (Å²) in [5.41, 5.74) is 6.42. The number of hydrogen-bond donors (Lipinski definition) is 1. The fraction of sp³-hybridized carbons (Fsp3) is 0.591. The molecule has 35 heavy (non-hydrogen) atoms. The van der Waals surface area contributed by atoms with Crippen LogP contribution in [0.1, 0.15) is 12.8 Å². The summed E-state index contributed by atoms with van der Waals surface area (Å²) in [4.78, 5) is 19.1. The minimum Gasteiger partial charge on any atom is -0.431 e. The van der Waals surface area contributed by atoms with E-state index in [0.717, 1.165) is 32.7 Å². The number of pyridine rings is 1. The number of ether oxygens (including phenoxy) is 2. The molecule has 6 heterocycles. The molecule has 4 aliphatic rings. The van der Waals surface area contributed by atoms with Gasteiger partial charge < -0.3 is 25.0 Å². The Balaban J connectivity index is 1.31. The van der Waals surface area contributed by atoms with Gasteiger partial charge in [-0.15, -0.1) is 0 Å². The summed E-state index contributed by atoms with van der Waals surface area (Å²) >= 11 is 0. The van der Waals surface area contributed by atoms with Gasteiger partial charge in [-0.2, -0.15) is 13.8 Å². The molecule has 0 spiro atoms. The van der Waals surface area contributed by atoms with Crippen molar-refractivity contribution in [2.45, 2.75) is 43.6 Å². The van der Waals surface area contributed by atoms with Gasteiger partial charge in [-0.05, 0) is 12.5 Å². The molecule has 13 heteroatoms. The van der Waals surface area contributed by atoms with Crippen molar-refractivity contribution < 1.29 is 27.0 Å². The minimum atomic E-state index is -3.07. The van der Waals surface area contributed by atoms with Gasteiger partial charge in [0.25, 0.3) is 5.92 Å². The summed E-state index contributed by atoms with van der Waals surface area (Å²) in [5.74, 6) is -2.51. The Bertz CT molecular complexity index is 1120. The molecule has 4 saturated heterocycles. The van der Waals surface area contributed by atoms with Crippen molar-refractivity contribution >= 4 is 17.6 Å². The quantitative estimate of drug-likeness (QED) is 0.606. The molecule has 0 radical (unpaired) electrons. The Kier molecular flexibility index (Phi) is 5.36. The third-order valence-corrected chi connectivity index (χ3v) is 7.23. The lowest BCUT2D eigenvalue weighted by molar-refractivity contribution is -0.224. The van der Waals surface area contributed by atoms with E-state index in [2.05, 4.69) is 29.5 Å². The summed E-state index contributed by atoms with van der Waals surface area (Å²) < 4.78 is 63.5. The standard InChI is InChI=1S/C22H25F4N7O2/c23-20(24)35-16-5-12(7-28-19(16)27)14-6-18(30-21(29-14)32-4-2-22(25,26)11-32)31-3-1-13(8-31)33-9-17-15(33)10-34-17/h5-7,13,15,17,20H,1-4,8-11H2,(H2,27,28)/t13?,15-,17?/m1/s1. The summed E-state index contributed by atoms with van der Waals surface area (Å²) in [6, 6.07) is 3.90. The molecule has 6 rings (SSSR count). The van der Waals surface area contributed by atoms with Crippen molar-refractivity contribution in [3.05, 3.63) is 18.3 Å². The first-order valence-corrected chi connectivity index (χ1v) is 11.6. The Morgan fingerprint density at radius 3 is 2.66 bits per heavy atom. The van der Waals surface area contributed by atoms with E-state index in [4.69, 9.17) is 10.5 Å². The molecular weight excluding hydrogens is 470 g/mol. The van der Waals surface area contributed by atoms with Crippen LogP contribution in [0.5, 0.6) is 5.75 Å². The summed E-state index contributed by atoms with van der Waals surface area (Å²) in [5, 5.41) is 0. The first-order chi connectivity index (χ1) is 16.8. The van der Waals surface area contributed by atoms with E-state index in [1.165, 1.54) is 17.2 Å². The molecule has 0 aromatic carbocycles. The molecule has 9 nitrogen and oxygen atoms in total. The zero-order chi connectivity index (χ0) is 24.3. The van der Waals surface area contributed by atoms with Gasteiger partial charge >= 0.3 is 6.61 Å². The van der Waals surface area contributed by atoms with E-state index in [0.29, 0.717) is 35.3 Å². The molecule has 0 amide bonds. The van der Waals surface area contributed by atoms with Crippen LogP contribution in [0.15, 0.2) is 18.3 Å². The molecule has 3 atom stereocenters. The maximum absolute atomic E-state index is 13.9. The lowest BCUT2D eigenvalue weighted by Gasteiger charge is -2.57. The van der Waals surface area contributed by atoms with Crippen molar-refractivity contribution in [3.8, 4) is 17.0 Å². The molecule has 0 bridgehead atoms. The van der Waals surface area contributed by atoms with Crippen molar-refractivity contribution in [1.29, 1.82) is 0 Å². The van der Waals surface area contributed by atoms with Gasteiger partial charge in [-0.25, -0.2) is 18.7 Å². The van der Waals surface area contributed by atoms with Crippen LogP contribution < -0.4 is 20.3 Å². The number of nitrogens with two attached hydrogens (primary N) is 1. The molecule has 2 N–H and O–H groups in total. The molecule has 4 fully saturated rings. The number of morpholine rings is 1. The molecule has 0 saturated carbocycles. The lowest BCUT2D eigenvalue weighted by atomic mass is 9.92. The number of alkyl halides is 4. The maximum Gasteiger partial charge on any atom is 0.387 e. The Morgan fingerprint density at radius 2 is 2.00 bits per heavy atom. The Morgan fingerprint density at radius 1 is 1.14 bits per heavy atom. The average molecular weight is 495 g/mol. The lowest BCUT2D eigenvalue weighted by Crippen LogP contribution is -2.73. The van der Waals surface area contributed by atoms with E-state index >= 15 is 0 Å². The smallest absolute Gasteiger partial charge is 0.387 e. The maximum atomic E-state index is 13.9. The van der Waals surface area contributed by atoms with E-state index in [9.17, 15) is 17.6 Å². The van der Waals surface area contributed by atoms with Crippen LogP contribution in [0.3, 0.4) is 0 Å². The highest BCUT2D eigenvalue weighted by Gasteiger charge is 2.51. The fourth-order valence-electron chi connectivity index (χ4n) is 5.21. The van der Waals surface area contributed by atoms with Crippen LogP contribution in [0.25, 0.3) is 11.3 Å². The SMILES string of the molecule is Nc1ncc(-c2cc(N3CCC(N4CC5OC[C@H]54)C3)nc(N3CCC(F)(F)C3)n2)cc1OC(F)F. The predicted octanol–water partition coefficient (Wildman–Crippen LogP) is 2.23. The van der Waals surface area contributed by atoms with Gasteiger partial charge in [0, 0.05) is 56.5 Å². The van der Waals surface area contributed by atoms with Crippen LogP contribution in [0, 0.1) is 0 Å². The molecular formula is C22H25F4N7O2. The van der Waals surface area contributed by atoms with Crippen molar-refractivity contribution in [3.63, 3.8) is 0 Å². The highest BCUT2D eigenvalue weighted by atomic mass is 19.3. The highest BCUT2D eigenvalue weighted by molar-refractivity contribution is 5.68. The number of aromatic nitrogens is 3. The van der Waals surface area contributed by atoms with Crippen molar-refractivity contribution in [2.75, 3.05) is 54.9 Å². The largest absolute Gasteiger partial charge is 0.431 e. The van der Waals surface area contributed by atoms with Gasteiger partial charge in [0.15, 0.2) is 11.6 Å². The second-order valence-corrected chi connectivity index (χ2v) is 9.45. The van der Waals surface area contributed by atoms with Gasteiger partial charge in [-0.1, -0.05) is 0 Å². The Labute approximate surface area is 198 Å². The number of halogens is 4. The van der Waals surface area contributed by atoms with Crippen LogP contribution in [-0.2, 0) is 4.74 Å². The number of fused-ring (bicyclic) bond motifs is 1. The zero-order valence-electron chi connectivity index (χ0n) is 18.8. The number of nitrogens with zero attached hydrogens (tertiary/aromatic N) is 6. The fourth-order valence-corrected chi connectivity index (χ4v) is 5.21. The zero-order valence-corrected chi connectivity index (χ0v) is 18.8. The molecule has 188 valence electrons. The van der Waals surface area contributed by atoms with Crippen molar-refractivity contribution in [2.24, 2.45) is 0 Å². The summed E-state index contributed by atoms with van der Waals surface area (Å²) in [6.45, 7) is -0.235. The number of anilines is 3. The first kappa shape index (κ1) is 22.5. The van der Waals surface area contributed by atoms with Crippen LogP contribution in [0.4, 0.5) is 35.1 Å². The van der Waals surface area contributed by atoms with Gasteiger partial charge in [0.2, 0.25) is 5.95 Å². The second kappa shape index (κ2) is 8.33. The predicted molar refractivity (Wildman–Crippen MR) is 119 cm³/mol. The third-order valence-electron chi connectivity index (χ3n) is 7.23. The van der Waals surface area contributed by atoms with Crippen LogP contribution in [0.2, 0.25) is 0 Å². The molecule has 2 aromatic rings.